The first-order chi connectivity index (χ1) is 11.2. The number of phenols is 1. The van der Waals surface area contributed by atoms with Crippen LogP contribution in [0, 0.1) is 0 Å². The number of nitrogens with one attached hydrogen (secondary N) is 1. The van der Waals surface area contributed by atoms with Crippen LogP contribution in [0.4, 0.5) is 13.2 Å². The smallest absolute Gasteiger partial charge is 0.417 e. The van der Waals surface area contributed by atoms with Crippen molar-refractivity contribution in [2.24, 2.45) is 5.10 Å². The van der Waals surface area contributed by atoms with Crippen LogP contribution in [-0.4, -0.2) is 17.2 Å². The van der Waals surface area contributed by atoms with Crippen LogP contribution in [0.1, 0.15) is 21.5 Å². The third kappa shape index (κ3) is 3.98. The minimum Gasteiger partial charge on any atom is -0.506 e. The van der Waals surface area contributed by atoms with Gasteiger partial charge in [0.05, 0.1) is 22.4 Å². The summed E-state index contributed by atoms with van der Waals surface area (Å²) in [5, 5.41) is 13.3. The van der Waals surface area contributed by atoms with E-state index in [1.807, 2.05) is 5.43 Å². The van der Waals surface area contributed by atoms with Gasteiger partial charge < -0.3 is 5.11 Å². The summed E-state index contributed by atoms with van der Waals surface area (Å²) in [4.78, 5) is 11.9. The Balaban J connectivity index is 2.19. The highest BCUT2D eigenvalue weighted by Gasteiger charge is 2.34. The number of halogens is 5. The fourth-order valence-corrected chi connectivity index (χ4v) is 2.13. The molecule has 2 N–H and O–H groups in total. The molecule has 0 aromatic heterocycles. The van der Waals surface area contributed by atoms with Crippen LogP contribution in [0.5, 0.6) is 5.75 Å². The number of phenolic OH excluding ortho intramolecular Hbond substituents is 1. The number of amides is 1. The Morgan fingerprint density at radius 3 is 2.50 bits per heavy atom. The number of hydrazone groups is 1. The maximum atomic E-state index is 12.9. The van der Waals surface area contributed by atoms with Crippen molar-refractivity contribution in [2.45, 2.75) is 6.18 Å². The van der Waals surface area contributed by atoms with E-state index in [1.54, 1.807) is 0 Å². The molecule has 0 unspecified atom stereocenters. The first-order valence-electron chi connectivity index (χ1n) is 6.38. The molecule has 2 aromatic carbocycles. The predicted octanol–water partition coefficient (Wildman–Crippen LogP) is 4.48. The third-order valence-corrected chi connectivity index (χ3v) is 3.74. The van der Waals surface area contributed by atoms with Crippen molar-refractivity contribution >= 4 is 35.3 Å². The van der Waals surface area contributed by atoms with Gasteiger partial charge in [0.2, 0.25) is 0 Å². The Kier molecular flexibility index (Phi) is 5.36. The summed E-state index contributed by atoms with van der Waals surface area (Å²) >= 11 is 11.4. The second-order valence-electron chi connectivity index (χ2n) is 4.54. The molecule has 1 amide bonds. The van der Waals surface area contributed by atoms with Gasteiger partial charge in [0.1, 0.15) is 10.8 Å². The molecule has 0 atom stereocenters. The molecule has 24 heavy (non-hydrogen) atoms. The summed E-state index contributed by atoms with van der Waals surface area (Å²) in [6.45, 7) is 0. The standard InChI is InChI=1S/C15H9Cl2F3N2O2/c16-11-6-5-8(13(23)12(11)17)7-21-22-14(24)9-3-1-2-4-10(9)15(18,19)20/h1-7,23H,(H,22,24). The number of benzene rings is 2. The molecule has 126 valence electrons. The van der Waals surface area contributed by atoms with E-state index in [0.717, 1.165) is 18.3 Å². The fraction of sp³-hybridized carbons (Fsp3) is 0.0667. The van der Waals surface area contributed by atoms with Gasteiger partial charge in [-0.05, 0) is 24.3 Å². The average Bonchev–Trinajstić information content (AvgIpc) is 2.54. The molecular weight excluding hydrogens is 368 g/mol. The van der Waals surface area contributed by atoms with Crippen molar-refractivity contribution in [3.63, 3.8) is 0 Å². The number of carbonyl (C=O) groups excluding carboxylic acids is 1. The van der Waals surface area contributed by atoms with E-state index in [1.165, 1.54) is 24.3 Å². The first-order valence-corrected chi connectivity index (χ1v) is 7.14. The number of hydrogen-bond acceptors (Lipinski definition) is 3. The van der Waals surface area contributed by atoms with Crippen LogP contribution < -0.4 is 5.43 Å². The molecule has 0 spiro atoms. The second-order valence-corrected chi connectivity index (χ2v) is 5.33. The summed E-state index contributed by atoms with van der Waals surface area (Å²) in [5.41, 5.74) is 0.455. The van der Waals surface area contributed by atoms with Gasteiger partial charge in [-0.15, -0.1) is 0 Å². The zero-order valence-corrected chi connectivity index (χ0v) is 13.2. The first kappa shape index (κ1) is 18.1. The van der Waals surface area contributed by atoms with E-state index >= 15 is 0 Å². The van der Waals surface area contributed by atoms with Crippen molar-refractivity contribution in [3.05, 3.63) is 63.1 Å². The molecule has 9 heteroatoms. The topological polar surface area (TPSA) is 61.7 Å². The van der Waals surface area contributed by atoms with Gasteiger partial charge >= 0.3 is 6.18 Å². The lowest BCUT2D eigenvalue weighted by Gasteiger charge is -2.11. The summed E-state index contributed by atoms with van der Waals surface area (Å²) in [6, 6.07) is 7.08. The maximum Gasteiger partial charge on any atom is 0.417 e. The van der Waals surface area contributed by atoms with Gasteiger partial charge in [0.25, 0.3) is 5.91 Å². The molecule has 0 aliphatic heterocycles. The molecule has 2 rings (SSSR count). The Bertz CT molecular complexity index is 808. The van der Waals surface area contributed by atoms with Crippen LogP contribution >= 0.6 is 23.2 Å². The zero-order valence-electron chi connectivity index (χ0n) is 11.7. The SMILES string of the molecule is O=C(NN=Cc1ccc(Cl)c(Cl)c1O)c1ccccc1C(F)(F)F. The monoisotopic (exact) mass is 376 g/mol. The van der Waals surface area contributed by atoms with Crippen LogP contribution in [0.3, 0.4) is 0 Å². The fourth-order valence-electron chi connectivity index (χ4n) is 1.81. The number of carbonyl (C=O) groups is 1. The normalized spacial score (nSPS) is 11.7. The summed E-state index contributed by atoms with van der Waals surface area (Å²) in [5.74, 6) is -1.41. The number of rotatable bonds is 3. The van der Waals surface area contributed by atoms with Crippen LogP contribution in [0.25, 0.3) is 0 Å². The minimum atomic E-state index is -4.67. The Labute approximate surface area is 144 Å². The average molecular weight is 377 g/mol. The highest BCUT2D eigenvalue weighted by Crippen LogP contribution is 2.33. The summed E-state index contributed by atoms with van der Waals surface area (Å²) in [7, 11) is 0. The van der Waals surface area contributed by atoms with E-state index in [2.05, 4.69) is 5.10 Å². The van der Waals surface area contributed by atoms with Crippen LogP contribution in [-0.2, 0) is 6.18 Å². The van der Waals surface area contributed by atoms with E-state index in [4.69, 9.17) is 23.2 Å². The van der Waals surface area contributed by atoms with Gasteiger partial charge in [-0.2, -0.15) is 18.3 Å². The summed E-state index contributed by atoms with van der Waals surface area (Å²) < 4.78 is 38.6. The number of nitrogens with zero attached hydrogens (tertiary/aromatic N) is 1. The van der Waals surface area contributed by atoms with E-state index < -0.39 is 23.2 Å². The Morgan fingerprint density at radius 2 is 1.83 bits per heavy atom. The largest absolute Gasteiger partial charge is 0.506 e. The van der Waals surface area contributed by atoms with E-state index in [-0.39, 0.29) is 21.4 Å². The molecule has 0 heterocycles. The van der Waals surface area contributed by atoms with Gasteiger partial charge in [-0.3, -0.25) is 4.79 Å². The quantitative estimate of drug-likeness (QED) is 0.612. The van der Waals surface area contributed by atoms with Gasteiger partial charge in [-0.25, -0.2) is 5.43 Å². The van der Waals surface area contributed by atoms with E-state index in [9.17, 15) is 23.1 Å². The summed E-state index contributed by atoms with van der Waals surface area (Å²) in [6.07, 6.45) is -3.63. The van der Waals surface area contributed by atoms with Crippen molar-refractivity contribution in [1.29, 1.82) is 0 Å². The lowest BCUT2D eigenvalue weighted by Crippen LogP contribution is -2.22. The van der Waals surface area contributed by atoms with Gasteiger partial charge in [0.15, 0.2) is 0 Å². The Hall–Kier alpha value is -2.25. The van der Waals surface area contributed by atoms with Crippen molar-refractivity contribution in [3.8, 4) is 5.75 Å². The lowest BCUT2D eigenvalue weighted by atomic mass is 10.1. The molecule has 0 saturated heterocycles. The minimum absolute atomic E-state index is 0.102. The number of aromatic hydroxyl groups is 1. The van der Waals surface area contributed by atoms with Crippen molar-refractivity contribution < 1.29 is 23.1 Å². The lowest BCUT2D eigenvalue weighted by molar-refractivity contribution is -0.137. The Morgan fingerprint density at radius 1 is 1.17 bits per heavy atom. The van der Waals surface area contributed by atoms with Crippen molar-refractivity contribution in [1.82, 2.24) is 5.43 Å². The molecule has 2 aromatic rings. The number of alkyl halides is 3. The molecular formula is C15H9Cl2F3N2O2. The van der Waals surface area contributed by atoms with Gasteiger partial charge in [0, 0.05) is 5.56 Å². The predicted molar refractivity (Wildman–Crippen MR) is 84.6 cm³/mol. The second kappa shape index (κ2) is 7.11. The molecule has 0 bridgehead atoms. The molecule has 0 aliphatic carbocycles. The molecule has 0 fully saturated rings. The third-order valence-electron chi connectivity index (χ3n) is 2.95. The number of hydrogen-bond donors (Lipinski definition) is 2. The highest BCUT2D eigenvalue weighted by molar-refractivity contribution is 6.43. The molecule has 4 nitrogen and oxygen atoms in total. The molecule has 0 radical (unpaired) electrons. The molecule has 0 saturated carbocycles. The van der Waals surface area contributed by atoms with Crippen LogP contribution in [0.15, 0.2) is 41.5 Å². The highest BCUT2D eigenvalue weighted by atomic mass is 35.5. The molecule has 0 aliphatic rings. The maximum absolute atomic E-state index is 12.9. The zero-order chi connectivity index (χ0) is 17.9. The van der Waals surface area contributed by atoms with Crippen molar-refractivity contribution in [2.75, 3.05) is 0 Å². The van der Waals surface area contributed by atoms with Gasteiger partial charge in [-0.1, -0.05) is 35.3 Å². The van der Waals surface area contributed by atoms with Crippen LogP contribution in [0.2, 0.25) is 10.0 Å². The van der Waals surface area contributed by atoms with E-state index in [0.29, 0.717) is 0 Å².